The Bertz CT molecular complexity index is 980. The first-order chi connectivity index (χ1) is 13.9. The van der Waals surface area contributed by atoms with Crippen LogP contribution in [-0.2, 0) is 16.1 Å². The molecular weight excluding hydrogens is 427 g/mol. The molecule has 0 amide bonds. The maximum Gasteiger partial charge on any atom is 0.426 e. The molecule has 0 N–H and O–H groups in total. The summed E-state index contributed by atoms with van der Waals surface area (Å²) in [6, 6.07) is 9.78. The topological polar surface area (TPSA) is 26.3 Å². The van der Waals surface area contributed by atoms with E-state index in [-0.39, 0.29) is 17.7 Å². The summed E-state index contributed by atoms with van der Waals surface area (Å²) in [4.78, 5) is 12.4. The van der Waals surface area contributed by atoms with E-state index in [2.05, 4.69) is 0 Å². The lowest BCUT2D eigenvalue weighted by Gasteiger charge is -2.10. The number of halogens is 6. The number of allylic oxidation sites excluding steroid dienone is 2. The summed E-state index contributed by atoms with van der Waals surface area (Å²) < 4.78 is 71.0. The van der Waals surface area contributed by atoms with Crippen LogP contribution >= 0.6 is 11.6 Å². The van der Waals surface area contributed by atoms with Crippen molar-refractivity contribution >= 4 is 17.6 Å². The number of esters is 1. The molecule has 0 aromatic heterocycles. The van der Waals surface area contributed by atoms with Crippen LogP contribution in [0.5, 0.6) is 0 Å². The van der Waals surface area contributed by atoms with Crippen molar-refractivity contribution in [2.75, 3.05) is 0 Å². The van der Waals surface area contributed by atoms with Crippen molar-refractivity contribution in [3.05, 3.63) is 70.8 Å². The van der Waals surface area contributed by atoms with Crippen molar-refractivity contribution in [2.45, 2.75) is 26.6 Å². The highest BCUT2D eigenvalue weighted by Crippen LogP contribution is 2.60. The van der Waals surface area contributed by atoms with Crippen molar-refractivity contribution in [2.24, 2.45) is 17.3 Å². The second kappa shape index (κ2) is 8.02. The van der Waals surface area contributed by atoms with Crippen LogP contribution in [0.2, 0.25) is 0 Å². The molecule has 0 bridgehead atoms. The Kier molecular flexibility index (Phi) is 5.96. The van der Waals surface area contributed by atoms with Crippen molar-refractivity contribution < 1.29 is 31.5 Å². The van der Waals surface area contributed by atoms with E-state index in [1.165, 1.54) is 36.4 Å². The molecule has 1 aliphatic carbocycles. The van der Waals surface area contributed by atoms with E-state index in [1.807, 2.05) is 0 Å². The minimum Gasteiger partial charge on any atom is -0.460 e. The maximum atomic E-state index is 14.8. The molecule has 1 aliphatic rings. The van der Waals surface area contributed by atoms with E-state index in [0.717, 1.165) is 6.08 Å². The molecule has 160 valence electrons. The first kappa shape index (κ1) is 22.3. The summed E-state index contributed by atoms with van der Waals surface area (Å²) >= 11 is 5.28. The van der Waals surface area contributed by atoms with Crippen molar-refractivity contribution in [3.8, 4) is 11.1 Å². The molecule has 2 nitrogen and oxygen atoms in total. The van der Waals surface area contributed by atoms with Gasteiger partial charge >= 0.3 is 12.1 Å². The Balaban J connectivity index is 1.71. The van der Waals surface area contributed by atoms with Crippen LogP contribution in [0.1, 0.15) is 19.4 Å². The first-order valence-electron chi connectivity index (χ1n) is 9.07. The number of alkyl halides is 3. The number of ether oxygens (including phenoxy) is 1. The van der Waals surface area contributed by atoms with Gasteiger partial charge < -0.3 is 4.74 Å². The standard InChI is InChI=1S/C22H18ClF5O2/c1-21(2)16(10-17(23)22(26,27)28)18(21)20(29)30-11-13-4-3-5-15(19(13)25)12-6-8-14(24)9-7-12/h3-10,16,18H,11H2,1-2H3. The Labute approximate surface area is 175 Å². The molecule has 0 spiro atoms. The largest absolute Gasteiger partial charge is 0.460 e. The van der Waals surface area contributed by atoms with Gasteiger partial charge in [-0.05, 0) is 29.0 Å². The predicted octanol–water partition coefficient (Wildman–Crippen LogP) is 6.63. The van der Waals surface area contributed by atoms with Gasteiger partial charge in [0, 0.05) is 11.1 Å². The summed E-state index contributed by atoms with van der Waals surface area (Å²) in [7, 11) is 0. The van der Waals surface area contributed by atoms with Crippen LogP contribution in [0, 0.1) is 28.9 Å². The van der Waals surface area contributed by atoms with E-state index in [4.69, 9.17) is 16.3 Å². The molecule has 2 atom stereocenters. The fourth-order valence-electron chi connectivity index (χ4n) is 3.47. The zero-order chi connectivity index (χ0) is 22.3. The normalized spacial score (nSPS) is 20.7. The average molecular weight is 445 g/mol. The zero-order valence-corrected chi connectivity index (χ0v) is 16.8. The SMILES string of the molecule is CC1(C)C(C=C(Cl)C(F)(F)F)C1C(=O)OCc1cccc(-c2ccc(F)cc2)c1F. The van der Waals surface area contributed by atoms with Crippen LogP contribution in [-0.4, -0.2) is 12.1 Å². The Morgan fingerprint density at radius 2 is 1.77 bits per heavy atom. The Morgan fingerprint density at radius 1 is 1.13 bits per heavy atom. The van der Waals surface area contributed by atoms with E-state index in [1.54, 1.807) is 19.9 Å². The van der Waals surface area contributed by atoms with Crippen LogP contribution in [0.25, 0.3) is 11.1 Å². The zero-order valence-electron chi connectivity index (χ0n) is 16.1. The molecule has 8 heteroatoms. The molecule has 0 aliphatic heterocycles. The van der Waals surface area contributed by atoms with Gasteiger partial charge in [-0.1, -0.05) is 61.9 Å². The highest BCUT2D eigenvalue weighted by molar-refractivity contribution is 6.30. The number of hydrogen-bond acceptors (Lipinski definition) is 2. The quantitative estimate of drug-likeness (QED) is 0.382. The van der Waals surface area contributed by atoms with E-state index < -0.39 is 46.1 Å². The van der Waals surface area contributed by atoms with Gasteiger partial charge in [0.1, 0.15) is 23.3 Å². The monoisotopic (exact) mass is 444 g/mol. The van der Waals surface area contributed by atoms with Crippen LogP contribution in [0.3, 0.4) is 0 Å². The lowest BCUT2D eigenvalue weighted by molar-refractivity contribution is -0.147. The van der Waals surface area contributed by atoms with Crippen LogP contribution in [0.4, 0.5) is 22.0 Å². The van der Waals surface area contributed by atoms with Gasteiger partial charge in [-0.25, -0.2) is 8.78 Å². The van der Waals surface area contributed by atoms with Crippen molar-refractivity contribution in [3.63, 3.8) is 0 Å². The summed E-state index contributed by atoms with van der Waals surface area (Å²) in [5, 5.41) is -1.28. The summed E-state index contributed by atoms with van der Waals surface area (Å²) in [6.07, 6.45) is -3.86. The van der Waals surface area contributed by atoms with E-state index in [9.17, 15) is 26.7 Å². The molecule has 30 heavy (non-hydrogen) atoms. The summed E-state index contributed by atoms with van der Waals surface area (Å²) in [5.41, 5.74) is 0.0197. The average Bonchev–Trinajstić information content (AvgIpc) is 3.20. The number of carbonyl (C=O) groups is 1. The fourth-order valence-corrected chi connectivity index (χ4v) is 3.61. The van der Waals surface area contributed by atoms with Gasteiger partial charge in [-0.3, -0.25) is 4.79 Å². The Hall–Kier alpha value is -2.41. The molecule has 1 saturated carbocycles. The number of carbonyl (C=O) groups excluding carboxylic acids is 1. The minimum atomic E-state index is -4.68. The van der Waals surface area contributed by atoms with Crippen molar-refractivity contribution in [1.82, 2.24) is 0 Å². The molecule has 0 saturated heterocycles. The van der Waals surface area contributed by atoms with Crippen LogP contribution in [0.15, 0.2) is 53.6 Å². The first-order valence-corrected chi connectivity index (χ1v) is 9.45. The second-order valence-electron chi connectivity index (χ2n) is 7.73. The van der Waals surface area contributed by atoms with Gasteiger partial charge in [0.15, 0.2) is 0 Å². The van der Waals surface area contributed by atoms with Crippen LogP contribution < -0.4 is 0 Å². The van der Waals surface area contributed by atoms with Crippen molar-refractivity contribution in [1.29, 1.82) is 0 Å². The third kappa shape index (κ3) is 4.51. The van der Waals surface area contributed by atoms with E-state index in [0.29, 0.717) is 5.56 Å². The fraction of sp³-hybridized carbons (Fsp3) is 0.318. The van der Waals surface area contributed by atoms with E-state index >= 15 is 0 Å². The highest BCUT2D eigenvalue weighted by atomic mass is 35.5. The smallest absolute Gasteiger partial charge is 0.426 e. The third-order valence-corrected chi connectivity index (χ3v) is 5.71. The molecule has 2 aromatic carbocycles. The lowest BCUT2D eigenvalue weighted by atomic mass is 10.0. The summed E-state index contributed by atoms with van der Waals surface area (Å²) in [5.74, 6) is -3.33. The number of hydrogen-bond donors (Lipinski definition) is 0. The molecule has 2 unspecified atom stereocenters. The van der Waals surface area contributed by atoms with Gasteiger partial charge in [0.2, 0.25) is 0 Å². The molecule has 3 rings (SSSR count). The third-order valence-electron chi connectivity index (χ3n) is 5.37. The number of benzene rings is 2. The minimum absolute atomic E-state index is 0.101. The number of rotatable bonds is 5. The lowest BCUT2D eigenvalue weighted by Crippen LogP contribution is -2.11. The second-order valence-corrected chi connectivity index (χ2v) is 8.14. The molecule has 2 aromatic rings. The van der Waals surface area contributed by atoms with Gasteiger partial charge in [0.25, 0.3) is 0 Å². The molecule has 1 fully saturated rings. The Morgan fingerprint density at radius 3 is 2.37 bits per heavy atom. The maximum absolute atomic E-state index is 14.8. The highest BCUT2D eigenvalue weighted by Gasteiger charge is 2.62. The van der Waals surface area contributed by atoms with Gasteiger partial charge in [-0.15, -0.1) is 0 Å². The predicted molar refractivity (Wildman–Crippen MR) is 102 cm³/mol. The molecule has 0 radical (unpaired) electrons. The van der Waals surface area contributed by atoms with Gasteiger partial charge in [-0.2, -0.15) is 13.2 Å². The summed E-state index contributed by atoms with van der Waals surface area (Å²) in [6.45, 7) is 2.89. The van der Waals surface area contributed by atoms with Gasteiger partial charge in [0.05, 0.1) is 5.92 Å². The molecular formula is C22H18ClF5O2. The molecule has 0 heterocycles.